The molecular formula is C28H30F3N3O3. The summed E-state index contributed by atoms with van der Waals surface area (Å²) in [7, 11) is 0. The number of aromatic nitrogens is 1. The number of fused-ring (bicyclic) bond motifs is 2. The highest BCUT2D eigenvalue weighted by Gasteiger charge is 2.46. The van der Waals surface area contributed by atoms with E-state index in [2.05, 4.69) is 12.2 Å². The van der Waals surface area contributed by atoms with Gasteiger partial charge in [-0.2, -0.15) is 13.2 Å². The largest absolute Gasteiger partial charge is 0.502 e. The number of benzene rings is 1. The Morgan fingerprint density at radius 2 is 1.84 bits per heavy atom. The van der Waals surface area contributed by atoms with Crippen LogP contribution in [-0.2, 0) is 6.42 Å². The molecule has 1 N–H and O–H groups in total. The number of carbonyl (C=O) groups excluding carboxylic acids is 1. The van der Waals surface area contributed by atoms with Crippen LogP contribution in [0.15, 0.2) is 64.6 Å². The fourth-order valence-electron chi connectivity index (χ4n) is 5.95. The summed E-state index contributed by atoms with van der Waals surface area (Å²) in [5.41, 5.74) is 3.35. The van der Waals surface area contributed by atoms with Crippen LogP contribution in [0.4, 0.5) is 13.2 Å². The molecule has 5 rings (SSSR count). The highest BCUT2D eigenvalue weighted by Crippen LogP contribution is 2.44. The quantitative estimate of drug-likeness (QED) is 0.598. The third-order valence-electron chi connectivity index (χ3n) is 7.53. The van der Waals surface area contributed by atoms with Crippen LogP contribution >= 0.6 is 0 Å². The van der Waals surface area contributed by atoms with Crippen molar-refractivity contribution in [2.75, 3.05) is 5.01 Å². The minimum Gasteiger partial charge on any atom is -0.502 e. The Hall–Kier alpha value is -3.49. The summed E-state index contributed by atoms with van der Waals surface area (Å²) in [6.45, 7) is 3.47. The molecule has 0 saturated heterocycles. The topological polar surface area (TPSA) is 65.8 Å². The van der Waals surface area contributed by atoms with Crippen molar-refractivity contribution in [3.05, 3.63) is 86.9 Å². The summed E-state index contributed by atoms with van der Waals surface area (Å²) in [5, 5.41) is 12.5. The van der Waals surface area contributed by atoms with E-state index in [9.17, 15) is 27.9 Å². The summed E-state index contributed by atoms with van der Waals surface area (Å²) in [6, 6.07) is 8.10. The molecule has 2 aromatic rings. The van der Waals surface area contributed by atoms with E-state index in [4.69, 9.17) is 0 Å². The van der Waals surface area contributed by atoms with Crippen molar-refractivity contribution in [3.63, 3.8) is 0 Å². The van der Waals surface area contributed by atoms with Crippen LogP contribution in [0.5, 0.6) is 5.75 Å². The van der Waals surface area contributed by atoms with Crippen LogP contribution in [-0.4, -0.2) is 39.0 Å². The van der Waals surface area contributed by atoms with Crippen molar-refractivity contribution in [1.29, 1.82) is 0 Å². The highest BCUT2D eigenvalue weighted by molar-refractivity contribution is 5.96. The van der Waals surface area contributed by atoms with Crippen molar-refractivity contribution in [3.8, 4) is 5.75 Å². The maximum absolute atomic E-state index is 13.7. The molecule has 2 heterocycles. The summed E-state index contributed by atoms with van der Waals surface area (Å²) >= 11 is 0. The van der Waals surface area contributed by atoms with Gasteiger partial charge in [0, 0.05) is 24.7 Å². The molecule has 0 bridgehead atoms. The van der Waals surface area contributed by atoms with Gasteiger partial charge >= 0.3 is 6.18 Å². The fourth-order valence-corrected chi connectivity index (χ4v) is 5.95. The van der Waals surface area contributed by atoms with Crippen LogP contribution in [0, 0.1) is 0 Å². The smallest absolute Gasteiger partial charge is 0.389 e. The number of hydrogen-bond donors (Lipinski definition) is 1. The lowest BCUT2D eigenvalue weighted by Crippen LogP contribution is -2.64. The van der Waals surface area contributed by atoms with Crippen molar-refractivity contribution >= 4 is 5.91 Å². The zero-order valence-electron chi connectivity index (χ0n) is 20.8. The van der Waals surface area contributed by atoms with Crippen LogP contribution in [0.2, 0.25) is 0 Å². The van der Waals surface area contributed by atoms with Gasteiger partial charge in [0.1, 0.15) is 6.17 Å². The summed E-state index contributed by atoms with van der Waals surface area (Å²) in [6.07, 6.45) is 1.93. The molecule has 0 spiro atoms. The third-order valence-corrected chi connectivity index (χ3v) is 7.53. The molecule has 3 aliphatic rings. The van der Waals surface area contributed by atoms with Crippen LogP contribution in [0.25, 0.3) is 0 Å². The van der Waals surface area contributed by atoms with Gasteiger partial charge in [-0.25, -0.2) is 0 Å². The Balaban J connectivity index is 1.81. The Morgan fingerprint density at radius 1 is 1.08 bits per heavy atom. The highest BCUT2D eigenvalue weighted by atomic mass is 19.4. The maximum Gasteiger partial charge on any atom is 0.389 e. The van der Waals surface area contributed by atoms with E-state index < -0.39 is 47.9 Å². The van der Waals surface area contributed by atoms with Gasteiger partial charge in [0.15, 0.2) is 11.4 Å². The third kappa shape index (κ3) is 4.45. The molecule has 2 atom stereocenters. The average molecular weight is 514 g/mol. The van der Waals surface area contributed by atoms with Gasteiger partial charge < -0.3 is 10.0 Å². The molecule has 6 nitrogen and oxygen atoms in total. The lowest BCUT2D eigenvalue weighted by molar-refractivity contribution is -0.139. The molecule has 1 aromatic heterocycles. The van der Waals surface area contributed by atoms with Gasteiger partial charge in [-0.15, -0.1) is 0 Å². The second-order valence-corrected chi connectivity index (χ2v) is 10.1. The van der Waals surface area contributed by atoms with E-state index in [0.717, 1.165) is 54.0 Å². The maximum atomic E-state index is 13.7. The number of amides is 1. The second kappa shape index (κ2) is 9.43. The Kier molecular flexibility index (Phi) is 6.41. The first-order chi connectivity index (χ1) is 17.6. The SMILES string of the molecule is CC(C)N1C(=O)c2c(O)c(=O)ccn2N(C2C3=C(C=CCC3)CCc3ccccc32)C1CCC(F)(F)F. The summed E-state index contributed by atoms with van der Waals surface area (Å²) < 4.78 is 42.1. The molecule has 2 aliphatic carbocycles. The minimum absolute atomic E-state index is 0.223. The van der Waals surface area contributed by atoms with Gasteiger partial charge in [0.2, 0.25) is 5.43 Å². The molecule has 2 unspecified atom stereocenters. The standard InChI is InChI=1S/C28H30F3N3O3/c1-17(2)33-23(13-15-28(29,30)31)34(32-16-14-22(35)26(36)25(32)27(33)37)24-20-9-5-3-7-18(20)11-12-19-8-4-6-10-21(19)24/h3-5,7-9,14,16-17,23-24,36H,6,10-13,15H2,1-2H3. The lowest BCUT2D eigenvalue weighted by Gasteiger charge is -2.52. The van der Waals surface area contributed by atoms with Crippen LogP contribution < -0.4 is 10.4 Å². The number of carbonyl (C=O) groups is 1. The molecule has 0 radical (unpaired) electrons. The predicted molar refractivity (Wildman–Crippen MR) is 134 cm³/mol. The molecule has 37 heavy (non-hydrogen) atoms. The van der Waals surface area contributed by atoms with Crippen molar-refractivity contribution in [2.45, 2.75) is 76.8 Å². The number of allylic oxidation sites excluding steroid dienone is 3. The van der Waals surface area contributed by atoms with Gasteiger partial charge in [-0.05, 0) is 68.2 Å². The first-order valence-corrected chi connectivity index (χ1v) is 12.7. The summed E-state index contributed by atoms with van der Waals surface area (Å²) in [5.74, 6) is -1.36. The number of hydrogen-bond acceptors (Lipinski definition) is 4. The molecule has 1 aliphatic heterocycles. The number of aryl methyl sites for hydroxylation is 1. The zero-order chi connectivity index (χ0) is 26.5. The number of nitrogens with zero attached hydrogens (tertiary/aromatic N) is 3. The van der Waals surface area contributed by atoms with Crippen molar-refractivity contribution in [1.82, 2.24) is 9.58 Å². The van der Waals surface area contributed by atoms with E-state index in [1.165, 1.54) is 15.8 Å². The first-order valence-electron chi connectivity index (χ1n) is 12.7. The van der Waals surface area contributed by atoms with Gasteiger partial charge in [-0.1, -0.05) is 36.4 Å². The Morgan fingerprint density at radius 3 is 2.57 bits per heavy atom. The number of alkyl halides is 3. The molecule has 9 heteroatoms. The normalized spacial score (nSPS) is 21.6. The van der Waals surface area contributed by atoms with Gasteiger partial charge in [0.25, 0.3) is 5.91 Å². The molecule has 1 amide bonds. The molecule has 196 valence electrons. The monoisotopic (exact) mass is 513 g/mol. The average Bonchev–Trinajstić information content (AvgIpc) is 3.01. The van der Waals surface area contributed by atoms with Crippen molar-refractivity contribution in [2.24, 2.45) is 0 Å². The van der Waals surface area contributed by atoms with E-state index in [1.54, 1.807) is 18.9 Å². The minimum atomic E-state index is -4.41. The number of rotatable bonds is 4. The fraction of sp³-hybridized carbons (Fsp3) is 0.429. The van der Waals surface area contributed by atoms with Crippen LogP contribution in [0.3, 0.4) is 0 Å². The molecule has 0 fully saturated rings. The lowest BCUT2D eigenvalue weighted by atomic mass is 9.87. The molecule has 0 saturated carbocycles. The first kappa shape index (κ1) is 25.2. The molecular weight excluding hydrogens is 483 g/mol. The van der Waals surface area contributed by atoms with E-state index in [0.29, 0.717) is 0 Å². The Labute approximate surface area is 213 Å². The van der Waals surface area contributed by atoms with Gasteiger partial charge in [0.05, 0.1) is 6.04 Å². The predicted octanol–water partition coefficient (Wildman–Crippen LogP) is 5.36. The molecule has 1 aromatic carbocycles. The second-order valence-electron chi connectivity index (χ2n) is 10.1. The summed E-state index contributed by atoms with van der Waals surface area (Å²) in [4.78, 5) is 27.4. The van der Waals surface area contributed by atoms with E-state index in [1.807, 2.05) is 24.3 Å². The Bertz CT molecular complexity index is 1340. The van der Waals surface area contributed by atoms with Crippen LogP contribution in [0.1, 0.15) is 73.6 Å². The van der Waals surface area contributed by atoms with Crippen molar-refractivity contribution < 1.29 is 23.1 Å². The van der Waals surface area contributed by atoms with Gasteiger partial charge in [-0.3, -0.25) is 19.3 Å². The number of halogens is 3. The number of pyridine rings is 1. The zero-order valence-corrected chi connectivity index (χ0v) is 20.8. The van der Waals surface area contributed by atoms with E-state index >= 15 is 0 Å². The number of aromatic hydroxyl groups is 1. The van der Waals surface area contributed by atoms with E-state index in [-0.39, 0.29) is 12.1 Å².